The van der Waals surface area contributed by atoms with Gasteiger partial charge in [0.15, 0.2) is 0 Å². The highest BCUT2D eigenvalue weighted by atomic mass is 16.3. The predicted molar refractivity (Wildman–Crippen MR) is 96.4 cm³/mol. The number of hydrogen-bond donors (Lipinski definition) is 4. The molecule has 2 amide bonds. The number of urea groups is 1. The highest BCUT2D eigenvalue weighted by molar-refractivity contribution is 5.76. The van der Waals surface area contributed by atoms with Crippen LogP contribution in [0.4, 0.5) is 4.79 Å². The molecule has 8 fully saturated rings. The number of rotatable bonds is 2. The molecule has 0 aromatic rings. The van der Waals surface area contributed by atoms with Crippen LogP contribution in [-0.2, 0) is 0 Å². The molecule has 4 unspecified atom stereocenters. The van der Waals surface area contributed by atoms with E-state index in [1.807, 2.05) is 0 Å². The quantitative estimate of drug-likeness (QED) is 0.611. The zero-order valence-electron chi connectivity index (χ0n) is 15.6. The van der Waals surface area contributed by atoms with E-state index in [0.29, 0.717) is 23.7 Å². The Bertz CT molecular complexity index is 580. The second kappa shape index (κ2) is 4.78. The summed E-state index contributed by atoms with van der Waals surface area (Å²) in [6.07, 6.45) is 11.7. The molecule has 0 aliphatic heterocycles. The van der Waals surface area contributed by atoms with Gasteiger partial charge in [0.25, 0.3) is 0 Å². The van der Waals surface area contributed by atoms with Crippen LogP contribution in [-0.4, -0.2) is 38.5 Å². The van der Waals surface area contributed by atoms with E-state index < -0.39 is 11.2 Å². The van der Waals surface area contributed by atoms with Crippen molar-refractivity contribution in [2.24, 2.45) is 23.7 Å². The number of carbonyl (C=O) groups excluding carboxylic acids is 1. The summed E-state index contributed by atoms with van der Waals surface area (Å²) >= 11 is 0. The second-order valence-electron chi connectivity index (χ2n) is 11.5. The Labute approximate surface area is 155 Å². The third-order valence-electron chi connectivity index (χ3n) is 8.82. The fourth-order valence-electron chi connectivity index (χ4n) is 9.23. The Hall–Kier alpha value is -0.810. The smallest absolute Gasteiger partial charge is 0.315 e. The normalized spacial score (nSPS) is 58.8. The monoisotopic (exact) mass is 360 g/mol. The lowest BCUT2D eigenvalue weighted by Gasteiger charge is -2.61. The lowest BCUT2D eigenvalue weighted by Crippen LogP contribution is -2.70. The second-order valence-corrected chi connectivity index (χ2v) is 11.5. The zero-order valence-corrected chi connectivity index (χ0v) is 15.6. The van der Waals surface area contributed by atoms with Gasteiger partial charge in [-0.15, -0.1) is 0 Å². The molecule has 26 heavy (non-hydrogen) atoms. The molecular weight excluding hydrogens is 328 g/mol. The maximum absolute atomic E-state index is 13.0. The van der Waals surface area contributed by atoms with Gasteiger partial charge in [-0.3, -0.25) is 0 Å². The summed E-state index contributed by atoms with van der Waals surface area (Å²) in [4.78, 5) is 13.0. The van der Waals surface area contributed by atoms with Gasteiger partial charge in [-0.25, -0.2) is 4.79 Å². The number of nitrogens with one attached hydrogen (secondary N) is 2. The molecule has 4 atom stereocenters. The van der Waals surface area contributed by atoms with Crippen LogP contribution in [0.2, 0.25) is 0 Å². The van der Waals surface area contributed by atoms with Gasteiger partial charge < -0.3 is 20.8 Å². The minimum atomic E-state index is -0.548. The van der Waals surface area contributed by atoms with Crippen molar-refractivity contribution in [1.29, 1.82) is 0 Å². The van der Waals surface area contributed by atoms with Crippen LogP contribution in [0.15, 0.2) is 0 Å². The molecule has 8 bridgehead atoms. The minimum Gasteiger partial charge on any atom is -0.390 e. The molecule has 8 aliphatic rings. The van der Waals surface area contributed by atoms with Crippen molar-refractivity contribution in [3.05, 3.63) is 0 Å². The molecule has 8 rings (SSSR count). The molecule has 0 aromatic heterocycles. The van der Waals surface area contributed by atoms with Crippen molar-refractivity contribution in [2.75, 3.05) is 0 Å². The van der Waals surface area contributed by atoms with Gasteiger partial charge in [0, 0.05) is 11.1 Å². The summed E-state index contributed by atoms with van der Waals surface area (Å²) in [6, 6.07) is -0.0545. The van der Waals surface area contributed by atoms with Gasteiger partial charge in [-0.05, 0) is 101 Å². The lowest BCUT2D eigenvalue weighted by molar-refractivity contribution is -0.143. The number of amides is 2. The van der Waals surface area contributed by atoms with E-state index in [1.165, 1.54) is 12.8 Å². The summed E-state index contributed by atoms with van der Waals surface area (Å²) in [6.45, 7) is 0. The van der Waals surface area contributed by atoms with Crippen molar-refractivity contribution in [2.45, 2.75) is 99.3 Å². The van der Waals surface area contributed by atoms with Gasteiger partial charge >= 0.3 is 6.03 Å². The van der Waals surface area contributed by atoms with E-state index in [4.69, 9.17) is 0 Å². The molecule has 0 saturated heterocycles. The van der Waals surface area contributed by atoms with Crippen LogP contribution in [0.1, 0.15) is 77.0 Å². The highest BCUT2D eigenvalue weighted by Crippen LogP contribution is 2.59. The van der Waals surface area contributed by atoms with Gasteiger partial charge in [0.05, 0.1) is 11.2 Å². The maximum atomic E-state index is 13.0. The van der Waals surface area contributed by atoms with Crippen LogP contribution in [0.25, 0.3) is 0 Å². The SMILES string of the molecule is O=C(NC12CC3CC(CC(O)(C3)C1)C2)NC12CC3CC(CC(O)(C3)C1)C2. The fourth-order valence-corrected chi connectivity index (χ4v) is 9.23. The number of carbonyl (C=O) groups is 1. The molecule has 0 aromatic carbocycles. The highest BCUT2D eigenvalue weighted by Gasteiger charge is 2.60. The molecule has 0 heterocycles. The lowest BCUT2D eigenvalue weighted by atomic mass is 9.51. The van der Waals surface area contributed by atoms with Crippen molar-refractivity contribution in [3.8, 4) is 0 Å². The number of hydrogen-bond acceptors (Lipinski definition) is 3. The molecule has 0 spiro atoms. The predicted octanol–water partition coefficient (Wildman–Crippen LogP) is 2.45. The summed E-state index contributed by atoms with van der Waals surface area (Å²) in [5.74, 6) is 2.28. The maximum Gasteiger partial charge on any atom is 0.315 e. The first-order valence-electron chi connectivity index (χ1n) is 10.8. The molecule has 8 aliphatic carbocycles. The van der Waals surface area contributed by atoms with Crippen molar-refractivity contribution in [1.82, 2.24) is 10.6 Å². The van der Waals surface area contributed by atoms with Crippen molar-refractivity contribution >= 4 is 6.03 Å². The fraction of sp³-hybridized carbons (Fsp3) is 0.952. The van der Waals surface area contributed by atoms with E-state index in [0.717, 1.165) is 64.2 Å². The van der Waals surface area contributed by atoms with E-state index in [1.54, 1.807) is 0 Å². The van der Waals surface area contributed by atoms with Crippen molar-refractivity contribution < 1.29 is 15.0 Å². The summed E-state index contributed by atoms with van der Waals surface area (Å²) in [7, 11) is 0. The van der Waals surface area contributed by atoms with E-state index in [9.17, 15) is 15.0 Å². The third kappa shape index (κ3) is 2.39. The first-order chi connectivity index (χ1) is 12.2. The molecule has 5 heteroatoms. The van der Waals surface area contributed by atoms with Crippen LogP contribution >= 0.6 is 0 Å². The topological polar surface area (TPSA) is 81.6 Å². The average molecular weight is 360 g/mol. The molecule has 0 radical (unpaired) electrons. The van der Waals surface area contributed by atoms with Gasteiger partial charge in [0.2, 0.25) is 0 Å². The van der Waals surface area contributed by atoms with Gasteiger partial charge in [-0.1, -0.05) is 0 Å². The van der Waals surface area contributed by atoms with Gasteiger partial charge in [0.1, 0.15) is 0 Å². The Morgan fingerprint density at radius 2 is 1.00 bits per heavy atom. The van der Waals surface area contributed by atoms with Gasteiger partial charge in [-0.2, -0.15) is 0 Å². The number of aliphatic hydroxyl groups is 2. The Kier molecular flexibility index (Phi) is 2.97. The minimum absolute atomic E-state index is 0.0545. The largest absolute Gasteiger partial charge is 0.390 e. The summed E-state index contributed by atoms with van der Waals surface area (Å²) < 4.78 is 0. The van der Waals surface area contributed by atoms with E-state index in [-0.39, 0.29) is 17.1 Å². The first-order valence-corrected chi connectivity index (χ1v) is 10.8. The standard InChI is InChI=1S/C21H32N2O3/c24-17(22-18-3-13-1-14(4-18)8-20(25,7-13)11-18)23-19-5-15-2-16(6-19)10-21(26,9-15)12-19/h13-16,25-26H,1-12H2,(H2,22,23,24). The first kappa shape index (κ1) is 16.2. The molecule has 5 nitrogen and oxygen atoms in total. The molecule has 8 saturated carbocycles. The van der Waals surface area contributed by atoms with Crippen LogP contribution < -0.4 is 10.6 Å². The van der Waals surface area contributed by atoms with E-state index >= 15 is 0 Å². The van der Waals surface area contributed by atoms with E-state index in [2.05, 4.69) is 10.6 Å². The molecule has 144 valence electrons. The zero-order chi connectivity index (χ0) is 17.8. The Morgan fingerprint density at radius 3 is 1.31 bits per heavy atom. The summed E-state index contributed by atoms with van der Waals surface area (Å²) in [5, 5.41) is 28.5. The Balaban J connectivity index is 1.19. The Morgan fingerprint density at radius 1 is 0.654 bits per heavy atom. The third-order valence-corrected chi connectivity index (χ3v) is 8.82. The average Bonchev–Trinajstić information content (AvgIpc) is 2.39. The van der Waals surface area contributed by atoms with Crippen LogP contribution in [0.5, 0.6) is 0 Å². The van der Waals surface area contributed by atoms with Crippen LogP contribution in [0.3, 0.4) is 0 Å². The summed E-state index contributed by atoms with van der Waals surface area (Å²) in [5.41, 5.74) is -1.51. The molecular formula is C21H32N2O3. The van der Waals surface area contributed by atoms with Crippen molar-refractivity contribution in [3.63, 3.8) is 0 Å². The van der Waals surface area contributed by atoms with Crippen LogP contribution in [0, 0.1) is 23.7 Å². The molecule has 4 N–H and O–H groups in total.